The monoisotopic (exact) mass is 453 g/mol. The van der Waals surface area contributed by atoms with Crippen molar-refractivity contribution >= 4 is 46.4 Å². The maximum atomic E-state index is 13.7. The van der Waals surface area contributed by atoms with Crippen molar-refractivity contribution in [1.82, 2.24) is 0 Å². The highest BCUT2D eigenvalue weighted by atomic mass is 35.5. The molecule has 4 nitrogen and oxygen atoms in total. The van der Waals surface area contributed by atoms with Crippen LogP contribution in [0.2, 0.25) is 5.02 Å². The van der Waals surface area contributed by atoms with Gasteiger partial charge in [-0.1, -0.05) is 60.1 Å². The molecule has 0 spiro atoms. The van der Waals surface area contributed by atoms with Crippen molar-refractivity contribution in [3.63, 3.8) is 0 Å². The third kappa shape index (κ3) is 4.09. The Bertz CT molecular complexity index is 1200. The summed E-state index contributed by atoms with van der Waals surface area (Å²) in [5, 5.41) is -0.165. The fraction of sp³-hybridized carbons (Fsp3) is 0.0833. The van der Waals surface area contributed by atoms with Gasteiger partial charge in [0.25, 0.3) is 11.8 Å². The number of benzene rings is 3. The third-order valence-corrected chi connectivity index (χ3v) is 6.24. The Morgan fingerprint density at radius 2 is 1.68 bits per heavy atom. The Morgan fingerprint density at radius 1 is 0.968 bits per heavy atom. The van der Waals surface area contributed by atoms with Crippen molar-refractivity contribution in [2.75, 3.05) is 12.0 Å². The van der Waals surface area contributed by atoms with Crippen LogP contribution in [0.15, 0.2) is 77.7 Å². The van der Waals surface area contributed by atoms with Crippen LogP contribution >= 0.6 is 23.4 Å². The van der Waals surface area contributed by atoms with Crippen LogP contribution in [0.3, 0.4) is 0 Å². The Morgan fingerprint density at radius 3 is 2.39 bits per heavy atom. The van der Waals surface area contributed by atoms with E-state index in [0.29, 0.717) is 22.0 Å². The predicted octanol–water partition coefficient (Wildman–Crippen LogP) is 5.71. The lowest BCUT2D eigenvalue weighted by Gasteiger charge is -2.16. The van der Waals surface area contributed by atoms with Crippen LogP contribution in [0.5, 0.6) is 5.75 Å². The molecule has 1 aliphatic rings. The lowest BCUT2D eigenvalue weighted by atomic mass is 10.0. The van der Waals surface area contributed by atoms with Gasteiger partial charge in [0.05, 0.1) is 28.3 Å². The zero-order chi connectivity index (χ0) is 22.0. The van der Waals surface area contributed by atoms with E-state index in [1.807, 2.05) is 30.3 Å². The van der Waals surface area contributed by atoms with E-state index >= 15 is 0 Å². The number of carbonyl (C=O) groups excluding carboxylic acids is 2. The number of imide groups is 1. The normalized spacial score (nSPS) is 13.8. The lowest BCUT2D eigenvalue weighted by Crippen LogP contribution is -2.31. The second-order valence-electron chi connectivity index (χ2n) is 6.72. The summed E-state index contributed by atoms with van der Waals surface area (Å²) < 4.78 is 19.1. The zero-order valence-electron chi connectivity index (χ0n) is 16.5. The van der Waals surface area contributed by atoms with E-state index in [9.17, 15) is 14.0 Å². The smallest absolute Gasteiger partial charge is 0.272 e. The Kier molecular flexibility index (Phi) is 6.11. The van der Waals surface area contributed by atoms with E-state index in [1.54, 1.807) is 24.3 Å². The van der Waals surface area contributed by atoms with Gasteiger partial charge in [-0.3, -0.25) is 9.59 Å². The number of thioether (sulfide) groups is 1. The predicted molar refractivity (Wildman–Crippen MR) is 122 cm³/mol. The molecule has 3 aromatic rings. The minimum Gasteiger partial charge on any atom is -0.496 e. The average Bonchev–Trinajstić information content (AvgIpc) is 3.04. The highest BCUT2D eigenvalue weighted by Gasteiger charge is 2.41. The van der Waals surface area contributed by atoms with Crippen molar-refractivity contribution in [2.45, 2.75) is 5.75 Å². The number of halogens is 2. The molecule has 156 valence electrons. The van der Waals surface area contributed by atoms with Crippen molar-refractivity contribution in [3.8, 4) is 5.75 Å². The minimum absolute atomic E-state index is 0.165. The molecule has 0 radical (unpaired) electrons. The van der Waals surface area contributed by atoms with Gasteiger partial charge in [0.1, 0.15) is 11.6 Å². The number of hydrogen-bond donors (Lipinski definition) is 0. The second kappa shape index (κ2) is 8.96. The van der Waals surface area contributed by atoms with Gasteiger partial charge in [-0.25, -0.2) is 9.29 Å². The molecule has 0 unspecified atom stereocenters. The van der Waals surface area contributed by atoms with Gasteiger partial charge in [0.2, 0.25) is 0 Å². The van der Waals surface area contributed by atoms with Crippen LogP contribution < -0.4 is 9.64 Å². The summed E-state index contributed by atoms with van der Waals surface area (Å²) in [5.74, 6) is -0.620. The summed E-state index contributed by atoms with van der Waals surface area (Å²) in [5.41, 5.74) is 2.01. The maximum absolute atomic E-state index is 13.7. The van der Waals surface area contributed by atoms with E-state index < -0.39 is 17.6 Å². The van der Waals surface area contributed by atoms with Crippen molar-refractivity contribution < 1.29 is 18.7 Å². The van der Waals surface area contributed by atoms with Crippen LogP contribution in [0.25, 0.3) is 5.57 Å². The quantitative estimate of drug-likeness (QED) is 0.449. The SMILES string of the molecule is COc1ccccc1C1=C(SCc2ccccc2)C(=O)N(c2ccc(F)c(Cl)c2)C1=O. The highest BCUT2D eigenvalue weighted by Crippen LogP contribution is 2.42. The van der Waals surface area contributed by atoms with Gasteiger partial charge >= 0.3 is 0 Å². The number of hydrogen-bond acceptors (Lipinski definition) is 4. The molecule has 2 amide bonds. The van der Waals surface area contributed by atoms with Crippen molar-refractivity contribution in [2.24, 2.45) is 0 Å². The fourth-order valence-electron chi connectivity index (χ4n) is 3.32. The number of nitrogens with zero attached hydrogens (tertiary/aromatic N) is 1. The molecule has 0 saturated carbocycles. The number of amides is 2. The molecule has 3 aromatic carbocycles. The van der Waals surface area contributed by atoms with E-state index in [-0.39, 0.29) is 16.3 Å². The Balaban J connectivity index is 1.79. The number of ether oxygens (including phenoxy) is 1. The molecular weight excluding hydrogens is 437 g/mol. The first kappa shape index (κ1) is 21.2. The van der Waals surface area contributed by atoms with Crippen LogP contribution in [0.1, 0.15) is 11.1 Å². The van der Waals surface area contributed by atoms with Crippen LogP contribution in [0.4, 0.5) is 10.1 Å². The molecule has 0 aromatic heterocycles. The minimum atomic E-state index is -0.624. The largest absolute Gasteiger partial charge is 0.496 e. The van der Waals surface area contributed by atoms with E-state index in [0.717, 1.165) is 16.5 Å². The van der Waals surface area contributed by atoms with Crippen molar-refractivity contribution in [1.29, 1.82) is 0 Å². The molecule has 1 heterocycles. The molecule has 31 heavy (non-hydrogen) atoms. The average molecular weight is 454 g/mol. The summed E-state index contributed by atoms with van der Waals surface area (Å²) in [4.78, 5) is 28.1. The molecular formula is C24H17ClFNO3S. The number of rotatable bonds is 6. The van der Waals surface area contributed by atoms with Crippen LogP contribution in [-0.2, 0) is 15.3 Å². The van der Waals surface area contributed by atoms with E-state index in [1.165, 1.54) is 31.0 Å². The number of methoxy groups -OCH3 is 1. The first-order chi connectivity index (χ1) is 15.0. The fourth-order valence-corrected chi connectivity index (χ4v) is 4.56. The van der Waals surface area contributed by atoms with Gasteiger partial charge < -0.3 is 4.74 Å². The summed E-state index contributed by atoms with van der Waals surface area (Å²) in [7, 11) is 1.51. The standard InChI is InChI=1S/C24H17ClFNO3S/c1-30-20-10-6-5-9-17(20)21-22(31-14-15-7-3-2-4-8-15)24(29)27(23(21)28)16-11-12-19(26)18(25)13-16/h2-13H,14H2,1H3. The van der Waals surface area contributed by atoms with Gasteiger partial charge in [-0.05, 0) is 29.8 Å². The van der Waals surface area contributed by atoms with E-state index in [2.05, 4.69) is 0 Å². The van der Waals surface area contributed by atoms with Crippen molar-refractivity contribution in [3.05, 3.63) is 99.7 Å². The molecule has 0 fully saturated rings. The third-order valence-electron chi connectivity index (χ3n) is 4.81. The molecule has 0 N–H and O–H groups in total. The Hall–Kier alpha value is -3.09. The summed E-state index contributed by atoms with van der Waals surface area (Å²) >= 11 is 7.19. The number of carbonyl (C=O) groups is 2. The molecule has 4 rings (SSSR count). The number of anilines is 1. The second-order valence-corrected chi connectivity index (χ2v) is 8.12. The molecule has 0 aliphatic carbocycles. The molecule has 0 atom stereocenters. The van der Waals surface area contributed by atoms with Gasteiger partial charge in [0.15, 0.2) is 0 Å². The summed E-state index contributed by atoms with van der Waals surface area (Å²) in [6.07, 6.45) is 0. The summed E-state index contributed by atoms with van der Waals surface area (Å²) in [6, 6.07) is 20.5. The first-order valence-corrected chi connectivity index (χ1v) is 10.8. The lowest BCUT2D eigenvalue weighted by molar-refractivity contribution is -0.119. The van der Waals surface area contributed by atoms with Gasteiger partial charge in [0, 0.05) is 11.3 Å². The Labute approximate surface area is 188 Å². The number of para-hydroxylation sites is 1. The van der Waals surface area contributed by atoms with Crippen LogP contribution in [0, 0.1) is 5.82 Å². The zero-order valence-corrected chi connectivity index (χ0v) is 18.0. The van der Waals surface area contributed by atoms with Gasteiger partial charge in [-0.15, -0.1) is 11.8 Å². The molecule has 1 aliphatic heterocycles. The first-order valence-electron chi connectivity index (χ1n) is 9.39. The van der Waals surface area contributed by atoms with Gasteiger partial charge in [-0.2, -0.15) is 0 Å². The summed E-state index contributed by atoms with van der Waals surface area (Å²) in [6.45, 7) is 0. The molecule has 7 heteroatoms. The topological polar surface area (TPSA) is 46.6 Å². The van der Waals surface area contributed by atoms with E-state index in [4.69, 9.17) is 16.3 Å². The van der Waals surface area contributed by atoms with Crippen LogP contribution in [-0.4, -0.2) is 18.9 Å². The molecule has 0 saturated heterocycles. The highest BCUT2D eigenvalue weighted by molar-refractivity contribution is 8.03. The molecule has 0 bridgehead atoms. The maximum Gasteiger partial charge on any atom is 0.272 e.